The summed E-state index contributed by atoms with van der Waals surface area (Å²) >= 11 is 4.40. The lowest BCUT2D eigenvalue weighted by Gasteiger charge is -2.18. The number of nitrogens with two attached hydrogens (primary N) is 1. The number of carbonyl (C=O) groups excluding carboxylic acids is 2. The Labute approximate surface area is 160 Å². The van der Waals surface area contributed by atoms with E-state index in [2.05, 4.69) is 33.3 Å². The number of halogens is 1. The molecule has 0 spiro atoms. The lowest BCUT2D eigenvalue weighted by Crippen LogP contribution is -2.22. The minimum Gasteiger partial charge on any atom is -0.365 e. The molecule has 1 aliphatic rings. The topological polar surface area (TPSA) is 133 Å². The molecule has 1 atom stereocenters. The molecule has 3 rings (SSSR count). The maximum Gasteiger partial charge on any atom is 0.404 e. The zero-order chi connectivity index (χ0) is 19.0. The Morgan fingerprint density at radius 3 is 2.92 bits per heavy atom. The van der Waals surface area contributed by atoms with Crippen molar-refractivity contribution < 1.29 is 14.5 Å². The predicted octanol–water partition coefficient (Wildman–Crippen LogP) is 2.48. The number of carbonyl (C=O) groups is 2. The average molecular weight is 442 g/mol. The fraction of sp³-hybridized carbons (Fsp3) is 0.400. The lowest BCUT2D eigenvalue weighted by molar-refractivity contribution is -0.390. The molecule has 1 aliphatic carbocycles. The number of primary amides is 1. The van der Waals surface area contributed by atoms with E-state index in [1.165, 1.54) is 17.5 Å². The smallest absolute Gasteiger partial charge is 0.365 e. The van der Waals surface area contributed by atoms with Crippen molar-refractivity contribution in [3.8, 4) is 0 Å². The second-order valence-corrected chi connectivity index (χ2v) is 8.18. The summed E-state index contributed by atoms with van der Waals surface area (Å²) in [6.07, 6.45) is 3.95. The number of anilines is 1. The zero-order valence-corrected chi connectivity index (χ0v) is 16.2. The van der Waals surface area contributed by atoms with Crippen molar-refractivity contribution in [2.45, 2.75) is 32.7 Å². The summed E-state index contributed by atoms with van der Waals surface area (Å²) in [6.45, 7) is 1.93. The third-order valence-electron chi connectivity index (χ3n) is 4.19. The number of aromatic nitrogens is 2. The van der Waals surface area contributed by atoms with Gasteiger partial charge >= 0.3 is 5.82 Å². The van der Waals surface area contributed by atoms with Crippen molar-refractivity contribution in [3.63, 3.8) is 0 Å². The molecule has 26 heavy (non-hydrogen) atoms. The van der Waals surface area contributed by atoms with E-state index in [0.717, 1.165) is 34.4 Å². The molecule has 0 aromatic carbocycles. The number of nitrogens with zero attached hydrogens (tertiary/aromatic N) is 3. The Bertz CT molecular complexity index is 906. The van der Waals surface area contributed by atoms with E-state index in [1.54, 1.807) is 0 Å². The van der Waals surface area contributed by atoms with E-state index in [0.29, 0.717) is 16.5 Å². The number of thiophene rings is 1. The second-order valence-electron chi connectivity index (χ2n) is 6.22. The molecule has 11 heteroatoms. The number of hydrogen-bond donors (Lipinski definition) is 2. The Kier molecular flexibility index (Phi) is 5.10. The van der Waals surface area contributed by atoms with E-state index < -0.39 is 16.7 Å². The SMILES string of the molecule is C[C@@H]1CCc2c(sc(NC(=O)Cn3cc(Br)c([N+](=O)[O-])n3)c2C(N)=O)C1. The van der Waals surface area contributed by atoms with E-state index >= 15 is 0 Å². The molecule has 2 aromatic rings. The van der Waals surface area contributed by atoms with Crippen molar-refractivity contribution in [3.05, 3.63) is 36.8 Å². The minimum absolute atomic E-state index is 0.189. The summed E-state index contributed by atoms with van der Waals surface area (Å²) in [6, 6.07) is 0. The molecule has 0 saturated carbocycles. The van der Waals surface area contributed by atoms with Crippen LogP contribution in [0.2, 0.25) is 0 Å². The van der Waals surface area contributed by atoms with Gasteiger partial charge in [0.1, 0.15) is 16.0 Å². The van der Waals surface area contributed by atoms with Crippen LogP contribution in [0.4, 0.5) is 10.8 Å². The third kappa shape index (κ3) is 3.63. The first kappa shape index (κ1) is 18.5. The van der Waals surface area contributed by atoms with Gasteiger partial charge in [-0.3, -0.25) is 9.59 Å². The maximum absolute atomic E-state index is 12.3. The number of nitrogens with one attached hydrogen (secondary N) is 1. The summed E-state index contributed by atoms with van der Waals surface area (Å²) < 4.78 is 1.35. The number of rotatable bonds is 5. The standard InChI is InChI=1S/C15H16BrN5O4S/c1-7-2-3-8-10(4-7)26-15(12(8)13(17)23)18-11(22)6-20-5-9(16)14(19-20)21(24)25/h5,7H,2-4,6H2,1H3,(H2,17,23)(H,18,22)/t7-/m1/s1. The van der Waals surface area contributed by atoms with Crippen molar-refractivity contribution >= 4 is 49.9 Å². The highest BCUT2D eigenvalue weighted by Crippen LogP contribution is 2.39. The van der Waals surface area contributed by atoms with Crippen LogP contribution in [-0.2, 0) is 24.2 Å². The zero-order valence-electron chi connectivity index (χ0n) is 13.8. The number of fused-ring (bicyclic) bond motifs is 1. The van der Waals surface area contributed by atoms with Gasteiger partial charge in [0.15, 0.2) is 0 Å². The first-order valence-electron chi connectivity index (χ1n) is 7.87. The largest absolute Gasteiger partial charge is 0.404 e. The molecule has 0 bridgehead atoms. The van der Waals surface area contributed by atoms with E-state index in [1.807, 2.05) is 0 Å². The molecule has 0 radical (unpaired) electrons. The molecular formula is C15H16BrN5O4S. The second kappa shape index (κ2) is 7.16. The van der Waals surface area contributed by atoms with Gasteiger partial charge in [0.2, 0.25) is 5.91 Å². The van der Waals surface area contributed by atoms with Gasteiger partial charge in [-0.05, 0) is 51.6 Å². The Morgan fingerprint density at radius 2 is 2.31 bits per heavy atom. The van der Waals surface area contributed by atoms with Crippen molar-refractivity contribution in [2.75, 3.05) is 5.32 Å². The van der Waals surface area contributed by atoms with Crippen LogP contribution in [0.5, 0.6) is 0 Å². The normalized spacial score (nSPS) is 16.2. The van der Waals surface area contributed by atoms with E-state index in [-0.39, 0.29) is 16.8 Å². The quantitative estimate of drug-likeness (QED) is 0.542. The maximum atomic E-state index is 12.3. The molecule has 9 nitrogen and oxygen atoms in total. The van der Waals surface area contributed by atoms with Gasteiger partial charge in [0.05, 0.1) is 16.9 Å². The van der Waals surface area contributed by atoms with Crippen LogP contribution in [-0.4, -0.2) is 26.5 Å². The Hall–Kier alpha value is -2.27. The molecule has 0 saturated heterocycles. The number of nitro groups is 1. The molecule has 138 valence electrons. The number of hydrogen-bond acceptors (Lipinski definition) is 6. The van der Waals surface area contributed by atoms with E-state index in [4.69, 9.17) is 5.73 Å². The van der Waals surface area contributed by atoms with Gasteiger partial charge in [-0.2, -0.15) is 4.68 Å². The van der Waals surface area contributed by atoms with Crippen LogP contribution in [0.25, 0.3) is 0 Å². The summed E-state index contributed by atoms with van der Waals surface area (Å²) in [5.41, 5.74) is 6.82. The number of amides is 2. The summed E-state index contributed by atoms with van der Waals surface area (Å²) in [5.74, 6) is -0.850. The minimum atomic E-state index is -0.641. The Balaban J connectivity index is 1.80. The summed E-state index contributed by atoms with van der Waals surface area (Å²) in [4.78, 5) is 35.5. The highest BCUT2D eigenvalue weighted by Gasteiger charge is 2.27. The van der Waals surface area contributed by atoms with Crippen LogP contribution in [0.15, 0.2) is 10.7 Å². The van der Waals surface area contributed by atoms with Gasteiger partial charge in [-0.25, -0.2) is 0 Å². The Morgan fingerprint density at radius 1 is 1.58 bits per heavy atom. The fourth-order valence-corrected chi connectivity index (χ4v) is 4.90. The van der Waals surface area contributed by atoms with Crippen molar-refractivity contribution in [2.24, 2.45) is 11.7 Å². The molecule has 2 heterocycles. The van der Waals surface area contributed by atoms with E-state index in [9.17, 15) is 19.7 Å². The first-order chi connectivity index (χ1) is 12.3. The average Bonchev–Trinajstić information content (AvgIpc) is 3.06. The molecule has 0 unspecified atom stereocenters. The fourth-order valence-electron chi connectivity index (χ4n) is 3.00. The monoisotopic (exact) mass is 441 g/mol. The van der Waals surface area contributed by atoms with Gasteiger partial charge in [-0.15, -0.1) is 11.3 Å². The third-order valence-corrected chi connectivity index (χ3v) is 5.92. The van der Waals surface area contributed by atoms with Gasteiger partial charge in [-0.1, -0.05) is 6.92 Å². The molecular weight excluding hydrogens is 426 g/mol. The highest BCUT2D eigenvalue weighted by molar-refractivity contribution is 9.10. The predicted molar refractivity (Wildman–Crippen MR) is 99.2 cm³/mol. The van der Waals surface area contributed by atoms with Crippen molar-refractivity contribution in [1.82, 2.24) is 9.78 Å². The summed E-state index contributed by atoms with van der Waals surface area (Å²) in [7, 11) is 0. The van der Waals surface area contributed by atoms with Gasteiger partial charge < -0.3 is 21.2 Å². The van der Waals surface area contributed by atoms with Crippen molar-refractivity contribution in [1.29, 1.82) is 0 Å². The molecule has 3 N–H and O–H groups in total. The van der Waals surface area contributed by atoms with Crippen LogP contribution in [0, 0.1) is 16.0 Å². The lowest BCUT2D eigenvalue weighted by atomic mass is 9.88. The molecule has 2 aromatic heterocycles. The van der Waals surface area contributed by atoms with Crippen LogP contribution >= 0.6 is 27.3 Å². The molecule has 0 aliphatic heterocycles. The highest BCUT2D eigenvalue weighted by atomic mass is 79.9. The van der Waals surface area contributed by atoms with Crippen LogP contribution in [0.3, 0.4) is 0 Å². The summed E-state index contributed by atoms with van der Waals surface area (Å²) in [5, 5.41) is 17.7. The van der Waals surface area contributed by atoms with Gasteiger partial charge in [0.25, 0.3) is 5.91 Å². The first-order valence-corrected chi connectivity index (χ1v) is 9.48. The van der Waals surface area contributed by atoms with Crippen LogP contribution in [0.1, 0.15) is 34.1 Å². The molecule has 0 fully saturated rings. The molecule has 2 amide bonds. The van der Waals surface area contributed by atoms with Crippen LogP contribution < -0.4 is 11.1 Å². The van der Waals surface area contributed by atoms with Gasteiger partial charge in [0, 0.05) is 4.88 Å².